The van der Waals surface area contributed by atoms with Crippen molar-refractivity contribution in [2.45, 2.75) is 0 Å². The number of aromatic nitrogens is 1. The lowest BCUT2D eigenvalue weighted by molar-refractivity contribution is 0.343. The van der Waals surface area contributed by atoms with Crippen molar-refractivity contribution in [3.8, 4) is 0 Å². The maximum absolute atomic E-state index is 8.52. The van der Waals surface area contributed by atoms with Gasteiger partial charge in [0, 0.05) is 18.0 Å². The molecule has 1 N–H and O–H groups in total. The summed E-state index contributed by atoms with van der Waals surface area (Å²) in [5, 5.41) is 9.48. The standard InChI is InChI=1S/C8H7Cl2NO/c9-7-4-11-5-8(10)6(7)2-1-3-12/h1-2,4-5,12H,3H2. The monoisotopic (exact) mass is 203 g/mol. The van der Waals surface area contributed by atoms with Gasteiger partial charge in [-0.25, -0.2) is 0 Å². The van der Waals surface area contributed by atoms with Crippen molar-refractivity contribution in [1.29, 1.82) is 0 Å². The van der Waals surface area contributed by atoms with Gasteiger partial charge in [-0.15, -0.1) is 0 Å². The van der Waals surface area contributed by atoms with E-state index in [1.54, 1.807) is 12.2 Å². The average Bonchev–Trinajstić information content (AvgIpc) is 2.04. The summed E-state index contributed by atoms with van der Waals surface area (Å²) in [7, 11) is 0. The fraction of sp³-hybridized carbons (Fsp3) is 0.125. The van der Waals surface area contributed by atoms with Crippen molar-refractivity contribution in [1.82, 2.24) is 4.98 Å². The highest BCUT2D eigenvalue weighted by Gasteiger charge is 2.00. The largest absolute Gasteiger partial charge is 0.392 e. The van der Waals surface area contributed by atoms with Gasteiger partial charge in [0.1, 0.15) is 0 Å². The lowest BCUT2D eigenvalue weighted by Crippen LogP contribution is -1.81. The Bertz CT molecular complexity index is 279. The van der Waals surface area contributed by atoms with Crippen LogP contribution in [0.3, 0.4) is 0 Å². The van der Waals surface area contributed by atoms with Gasteiger partial charge in [0.05, 0.1) is 16.7 Å². The summed E-state index contributed by atoms with van der Waals surface area (Å²) in [5.41, 5.74) is 0.683. The number of aliphatic hydroxyl groups is 1. The molecule has 2 nitrogen and oxygen atoms in total. The molecule has 0 amide bonds. The molecule has 1 heterocycles. The van der Waals surface area contributed by atoms with Gasteiger partial charge in [0.25, 0.3) is 0 Å². The second-order valence-corrected chi connectivity index (χ2v) is 2.92. The Morgan fingerprint density at radius 3 is 2.42 bits per heavy atom. The van der Waals surface area contributed by atoms with Crippen molar-refractivity contribution < 1.29 is 5.11 Å². The molecule has 1 rings (SSSR count). The van der Waals surface area contributed by atoms with Crippen molar-refractivity contribution >= 4 is 29.3 Å². The number of pyridine rings is 1. The van der Waals surface area contributed by atoms with E-state index in [1.165, 1.54) is 12.4 Å². The minimum absolute atomic E-state index is 0.0328. The van der Waals surface area contributed by atoms with Crippen LogP contribution in [-0.2, 0) is 0 Å². The first-order valence-corrected chi connectivity index (χ1v) is 4.07. The van der Waals surface area contributed by atoms with E-state index in [1.807, 2.05) is 0 Å². The molecule has 0 aliphatic carbocycles. The summed E-state index contributed by atoms with van der Waals surface area (Å²) >= 11 is 11.6. The second-order valence-electron chi connectivity index (χ2n) is 2.10. The van der Waals surface area contributed by atoms with Crippen molar-refractivity contribution in [3.05, 3.63) is 34.1 Å². The predicted octanol–water partition coefficient (Wildman–Crippen LogP) is 2.39. The highest BCUT2D eigenvalue weighted by molar-refractivity contribution is 6.36. The molecule has 1 aromatic rings. The molecule has 4 heteroatoms. The summed E-state index contributed by atoms with van der Waals surface area (Å²) in [6.07, 6.45) is 6.23. The predicted molar refractivity (Wildman–Crippen MR) is 50.4 cm³/mol. The van der Waals surface area contributed by atoms with Crippen molar-refractivity contribution in [2.24, 2.45) is 0 Å². The first-order valence-electron chi connectivity index (χ1n) is 3.32. The first-order chi connectivity index (χ1) is 5.75. The van der Waals surface area contributed by atoms with E-state index in [4.69, 9.17) is 28.3 Å². The molecule has 0 fully saturated rings. The number of hydrogen-bond acceptors (Lipinski definition) is 2. The molecule has 0 aliphatic heterocycles. The third kappa shape index (κ3) is 2.21. The van der Waals surface area contributed by atoms with Crippen LogP contribution in [0.15, 0.2) is 18.5 Å². The Kier molecular flexibility index (Phi) is 3.53. The van der Waals surface area contributed by atoms with Crippen LogP contribution in [0.5, 0.6) is 0 Å². The van der Waals surface area contributed by atoms with Crippen LogP contribution < -0.4 is 0 Å². The molecular weight excluding hydrogens is 197 g/mol. The van der Waals surface area contributed by atoms with E-state index in [9.17, 15) is 0 Å². The molecular formula is C8H7Cl2NO. The normalized spacial score (nSPS) is 10.9. The molecule has 0 bridgehead atoms. The van der Waals surface area contributed by atoms with E-state index < -0.39 is 0 Å². The topological polar surface area (TPSA) is 33.1 Å². The highest BCUT2D eigenvalue weighted by Crippen LogP contribution is 2.23. The van der Waals surface area contributed by atoms with Gasteiger partial charge < -0.3 is 5.11 Å². The third-order valence-electron chi connectivity index (χ3n) is 1.28. The van der Waals surface area contributed by atoms with Crippen molar-refractivity contribution in [2.75, 3.05) is 6.61 Å². The number of aliphatic hydroxyl groups excluding tert-OH is 1. The maximum atomic E-state index is 8.52. The van der Waals surface area contributed by atoms with Gasteiger partial charge >= 0.3 is 0 Å². The maximum Gasteiger partial charge on any atom is 0.0676 e. The zero-order valence-electron chi connectivity index (χ0n) is 6.17. The molecule has 0 unspecified atom stereocenters. The van der Waals surface area contributed by atoms with Crippen LogP contribution in [0.1, 0.15) is 5.56 Å². The van der Waals surface area contributed by atoms with Gasteiger partial charge in [-0.2, -0.15) is 0 Å². The molecule has 12 heavy (non-hydrogen) atoms. The minimum atomic E-state index is -0.0328. The first kappa shape index (κ1) is 9.52. The van der Waals surface area contributed by atoms with E-state index in [0.29, 0.717) is 15.6 Å². The van der Waals surface area contributed by atoms with Gasteiger partial charge in [0.15, 0.2) is 0 Å². The number of hydrogen-bond donors (Lipinski definition) is 1. The fourth-order valence-electron chi connectivity index (χ4n) is 0.751. The molecule has 0 saturated carbocycles. The molecule has 0 spiro atoms. The summed E-state index contributed by atoms with van der Waals surface area (Å²) in [4.78, 5) is 3.79. The Morgan fingerprint density at radius 1 is 1.33 bits per heavy atom. The lowest BCUT2D eigenvalue weighted by Gasteiger charge is -1.98. The number of nitrogens with zero attached hydrogens (tertiary/aromatic N) is 1. The molecule has 64 valence electrons. The van der Waals surface area contributed by atoms with Crippen LogP contribution in [0.25, 0.3) is 6.08 Å². The molecule has 0 saturated heterocycles. The van der Waals surface area contributed by atoms with E-state index >= 15 is 0 Å². The van der Waals surface area contributed by atoms with Crippen LogP contribution in [0.4, 0.5) is 0 Å². The number of halogens is 2. The summed E-state index contributed by atoms with van der Waals surface area (Å²) < 4.78 is 0. The van der Waals surface area contributed by atoms with Crippen LogP contribution >= 0.6 is 23.2 Å². The Morgan fingerprint density at radius 2 is 1.92 bits per heavy atom. The zero-order chi connectivity index (χ0) is 8.97. The highest BCUT2D eigenvalue weighted by atomic mass is 35.5. The van der Waals surface area contributed by atoms with Gasteiger partial charge in [0.2, 0.25) is 0 Å². The minimum Gasteiger partial charge on any atom is -0.392 e. The van der Waals surface area contributed by atoms with E-state index in [-0.39, 0.29) is 6.61 Å². The third-order valence-corrected chi connectivity index (χ3v) is 1.88. The fourth-order valence-corrected chi connectivity index (χ4v) is 1.24. The summed E-state index contributed by atoms with van der Waals surface area (Å²) in [6.45, 7) is -0.0328. The van der Waals surface area contributed by atoms with Gasteiger partial charge in [-0.05, 0) is 0 Å². The van der Waals surface area contributed by atoms with Crippen molar-refractivity contribution in [3.63, 3.8) is 0 Å². The molecule has 0 radical (unpaired) electrons. The SMILES string of the molecule is OCC=Cc1c(Cl)cncc1Cl. The smallest absolute Gasteiger partial charge is 0.0676 e. The zero-order valence-corrected chi connectivity index (χ0v) is 7.68. The molecule has 0 aromatic carbocycles. The van der Waals surface area contributed by atoms with Gasteiger partial charge in [-0.3, -0.25) is 4.98 Å². The molecule has 0 atom stereocenters. The van der Waals surface area contributed by atoms with Crippen LogP contribution in [-0.4, -0.2) is 16.7 Å². The van der Waals surface area contributed by atoms with E-state index in [2.05, 4.69) is 4.98 Å². The molecule has 1 aromatic heterocycles. The summed E-state index contributed by atoms with van der Waals surface area (Å²) in [6, 6.07) is 0. The lowest BCUT2D eigenvalue weighted by atomic mass is 10.2. The Hall–Kier alpha value is -0.570. The Balaban J connectivity index is 3.04. The Labute approximate surface area is 80.5 Å². The summed E-state index contributed by atoms with van der Waals surface area (Å²) in [5.74, 6) is 0. The number of rotatable bonds is 2. The average molecular weight is 204 g/mol. The molecule has 0 aliphatic rings. The van der Waals surface area contributed by atoms with Crippen LogP contribution in [0.2, 0.25) is 10.0 Å². The van der Waals surface area contributed by atoms with Crippen LogP contribution in [0, 0.1) is 0 Å². The van der Waals surface area contributed by atoms with E-state index in [0.717, 1.165) is 0 Å². The second kappa shape index (κ2) is 4.45. The van der Waals surface area contributed by atoms with Gasteiger partial charge in [-0.1, -0.05) is 35.4 Å². The quantitative estimate of drug-likeness (QED) is 0.802.